The molecule has 1 aliphatic heterocycles. The summed E-state index contributed by atoms with van der Waals surface area (Å²) in [6, 6.07) is 7.27. The van der Waals surface area contributed by atoms with E-state index >= 15 is 0 Å². The van der Waals surface area contributed by atoms with Crippen LogP contribution >= 0.6 is 0 Å². The van der Waals surface area contributed by atoms with E-state index in [4.69, 9.17) is 4.74 Å². The molecular formula is C15H15N3O3. The first kappa shape index (κ1) is 13.4. The average molecular weight is 285 g/mol. The summed E-state index contributed by atoms with van der Waals surface area (Å²) in [5.41, 5.74) is 0.750. The maximum Gasteiger partial charge on any atom is 0.237 e. The standard InChI is InChI=1S/C15H15N3O3/c1-21-13-4-2-3-12(8-13)18-9-11(7-14(18)19)15(20)17-6-5-16-10-17/h2-6,8,10-11H,7,9H2,1H3/t11-/m0/s1. The van der Waals surface area contributed by atoms with Gasteiger partial charge in [0.05, 0.1) is 13.0 Å². The molecule has 6 nitrogen and oxygen atoms in total. The fraction of sp³-hybridized carbons (Fsp3) is 0.267. The number of benzene rings is 1. The van der Waals surface area contributed by atoms with Gasteiger partial charge in [-0.25, -0.2) is 4.98 Å². The Morgan fingerprint density at radius 1 is 1.43 bits per heavy atom. The van der Waals surface area contributed by atoms with Crippen molar-refractivity contribution in [2.24, 2.45) is 5.92 Å². The lowest BCUT2D eigenvalue weighted by Gasteiger charge is -2.17. The molecule has 2 aromatic rings. The molecule has 1 aliphatic rings. The summed E-state index contributed by atoms with van der Waals surface area (Å²) in [7, 11) is 1.58. The maximum absolute atomic E-state index is 12.3. The summed E-state index contributed by atoms with van der Waals surface area (Å²) in [5.74, 6) is 0.176. The second-order valence-electron chi connectivity index (χ2n) is 4.92. The van der Waals surface area contributed by atoms with Crippen molar-refractivity contribution >= 4 is 17.5 Å². The molecule has 3 rings (SSSR count). The molecule has 108 valence electrons. The normalized spacial score (nSPS) is 18.0. The Balaban J connectivity index is 1.80. The van der Waals surface area contributed by atoms with E-state index in [0.29, 0.717) is 12.3 Å². The molecule has 0 N–H and O–H groups in total. The van der Waals surface area contributed by atoms with E-state index in [2.05, 4.69) is 4.98 Å². The molecule has 0 unspecified atom stereocenters. The Labute approximate surface area is 122 Å². The molecule has 1 aromatic carbocycles. The monoisotopic (exact) mass is 285 g/mol. The van der Waals surface area contributed by atoms with Gasteiger partial charge in [0.15, 0.2) is 0 Å². The first-order valence-corrected chi connectivity index (χ1v) is 6.65. The van der Waals surface area contributed by atoms with Gasteiger partial charge in [0.1, 0.15) is 12.1 Å². The first-order chi connectivity index (χ1) is 10.2. The predicted octanol–water partition coefficient (Wildman–Crippen LogP) is 1.58. The van der Waals surface area contributed by atoms with Crippen LogP contribution in [0, 0.1) is 5.92 Å². The molecule has 0 bridgehead atoms. The fourth-order valence-electron chi connectivity index (χ4n) is 2.50. The van der Waals surface area contributed by atoms with Crippen LogP contribution in [0.5, 0.6) is 5.75 Å². The number of rotatable bonds is 3. The molecule has 0 radical (unpaired) electrons. The van der Waals surface area contributed by atoms with Crippen LogP contribution in [0.3, 0.4) is 0 Å². The minimum absolute atomic E-state index is 0.0540. The molecule has 21 heavy (non-hydrogen) atoms. The van der Waals surface area contributed by atoms with Crippen molar-refractivity contribution in [3.63, 3.8) is 0 Å². The van der Waals surface area contributed by atoms with Crippen molar-refractivity contribution < 1.29 is 14.3 Å². The summed E-state index contributed by atoms with van der Waals surface area (Å²) >= 11 is 0. The van der Waals surface area contributed by atoms with Gasteiger partial charge in [0.2, 0.25) is 11.8 Å². The van der Waals surface area contributed by atoms with Gasteiger partial charge in [0.25, 0.3) is 0 Å². The van der Waals surface area contributed by atoms with Crippen LogP contribution in [0.1, 0.15) is 11.2 Å². The molecule has 1 aromatic heterocycles. The Morgan fingerprint density at radius 3 is 3.00 bits per heavy atom. The molecule has 0 saturated carbocycles. The predicted molar refractivity (Wildman–Crippen MR) is 76.3 cm³/mol. The summed E-state index contributed by atoms with van der Waals surface area (Å²) in [4.78, 5) is 29.9. The van der Waals surface area contributed by atoms with Crippen LogP contribution in [0.25, 0.3) is 0 Å². The number of carbonyl (C=O) groups excluding carboxylic acids is 2. The number of amides is 1. The van der Waals surface area contributed by atoms with E-state index < -0.39 is 0 Å². The Kier molecular flexibility index (Phi) is 3.43. The van der Waals surface area contributed by atoms with E-state index in [0.717, 1.165) is 5.69 Å². The zero-order chi connectivity index (χ0) is 14.8. The van der Waals surface area contributed by atoms with Crippen LogP contribution in [-0.4, -0.2) is 35.0 Å². The van der Waals surface area contributed by atoms with Gasteiger partial charge >= 0.3 is 0 Å². The van der Waals surface area contributed by atoms with Crippen LogP contribution in [0.15, 0.2) is 43.0 Å². The van der Waals surface area contributed by atoms with Gasteiger partial charge in [-0.3, -0.25) is 14.2 Å². The van der Waals surface area contributed by atoms with Gasteiger partial charge in [-0.1, -0.05) is 6.07 Å². The molecule has 0 spiro atoms. The molecule has 1 fully saturated rings. The average Bonchev–Trinajstić information content (AvgIpc) is 3.16. The van der Waals surface area contributed by atoms with E-state index in [1.807, 2.05) is 18.2 Å². The summed E-state index contributed by atoms with van der Waals surface area (Å²) in [6.07, 6.45) is 4.82. The van der Waals surface area contributed by atoms with Crippen molar-refractivity contribution in [1.29, 1.82) is 0 Å². The number of ether oxygens (including phenoxy) is 1. The SMILES string of the molecule is COc1cccc(N2C[C@@H](C(=O)n3ccnc3)CC2=O)c1. The quantitative estimate of drug-likeness (QED) is 0.859. The molecule has 6 heteroatoms. The van der Waals surface area contributed by atoms with E-state index in [1.54, 1.807) is 30.5 Å². The molecule has 2 heterocycles. The largest absolute Gasteiger partial charge is 0.497 e. The third kappa shape index (κ3) is 2.52. The summed E-state index contributed by atoms with van der Waals surface area (Å²) in [5, 5.41) is 0. The summed E-state index contributed by atoms with van der Waals surface area (Å²) in [6.45, 7) is 0.378. The van der Waals surface area contributed by atoms with Crippen molar-refractivity contribution in [2.45, 2.75) is 6.42 Å². The Hall–Kier alpha value is -2.63. The lowest BCUT2D eigenvalue weighted by molar-refractivity contribution is -0.117. The smallest absolute Gasteiger partial charge is 0.237 e. The third-order valence-corrected chi connectivity index (χ3v) is 3.60. The minimum Gasteiger partial charge on any atom is -0.497 e. The van der Waals surface area contributed by atoms with Gasteiger partial charge in [-0.2, -0.15) is 0 Å². The van der Waals surface area contributed by atoms with Gasteiger partial charge in [0, 0.05) is 37.1 Å². The van der Waals surface area contributed by atoms with Gasteiger partial charge in [-0.05, 0) is 12.1 Å². The van der Waals surface area contributed by atoms with Gasteiger partial charge in [-0.15, -0.1) is 0 Å². The number of nitrogens with zero attached hydrogens (tertiary/aromatic N) is 3. The van der Waals surface area contributed by atoms with Crippen LogP contribution in [-0.2, 0) is 4.79 Å². The number of aromatic nitrogens is 2. The number of imidazole rings is 1. The molecule has 1 saturated heterocycles. The van der Waals surface area contributed by atoms with E-state index in [9.17, 15) is 9.59 Å². The van der Waals surface area contributed by atoms with Crippen LogP contribution in [0.2, 0.25) is 0 Å². The zero-order valence-electron chi connectivity index (χ0n) is 11.6. The molecule has 1 amide bonds. The number of methoxy groups -OCH3 is 1. The van der Waals surface area contributed by atoms with Crippen molar-refractivity contribution in [1.82, 2.24) is 9.55 Å². The van der Waals surface area contributed by atoms with Gasteiger partial charge < -0.3 is 9.64 Å². The highest BCUT2D eigenvalue weighted by Gasteiger charge is 2.35. The van der Waals surface area contributed by atoms with Crippen LogP contribution in [0.4, 0.5) is 5.69 Å². The topological polar surface area (TPSA) is 64.4 Å². The Bertz CT molecular complexity index is 667. The third-order valence-electron chi connectivity index (χ3n) is 3.60. The zero-order valence-corrected chi connectivity index (χ0v) is 11.6. The minimum atomic E-state index is -0.349. The molecular weight excluding hydrogens is 270 g/mol. The van der Waals surface area contributed by atoms with E-state index in [1.165, 1.54) is 10.9 Å². The number of hydrogen-bond donors (Lipinski definition) is 0. The van der Waals surface area contributed by atoms with Crippen LogP contribution < -0.4 is 9.64 Å². The maximum atomic E-state index is 12.3. The lowest BCUT2D eigenvalue weighted by Crippen LogP contribution is -2.27. The fourth-order valence-corrected chi connectivity index (χ4v) is 2.50. The second kappa shape index (κ2) is 5.40. The number of anilines is 1. The first-order valence-electron chi connectivity index (χ1n) is 6.65. The Morgan fingerprint density at radius 2 is 2.29 bits per heavy atom. The van der Waals surface area contributed by atoms with E-state index in [-0.39, 0.29) is 24.2 Å². The number of hydrogen-bond acceptors (Lipinski definition) is 4. The van der Waals surface area contributed by atoms with Crippen molar-refractivity contribution in [3.05, 3.63) is 43.0 Å². The highest BCUT2D eigenvalue weighted by atomic mass is 16.5. The van der Waals surface area contributed by atoms with Crippen molar-refractivity contribution in [3.8, 4) is 5.75 Å². The van der Waals surface area contributed by atoms with Crippen molar-refractivity contribution in [2.75, 3.05) is 18.6 Å². The molecule has 1 atom stereocenters. The molecule has 0 aliphatic carbocycles. The number of carbonyl (C=O) groups is 2. The highest BCUT2D eigenvalue weighted by molar-refractivity contribution is 6.00. The second-order valence-corrected chi connectivity index (χ2v) is 4.92. The lowest BCUT2D eigenvalue weighted by atomic mass is 10.1. The summed E-state index contributed by atoms with van der Waals surface area (Å²) < 4.78 is 6.59. The highest BCUT2D eigenvalue weighted by Crippen LogP contribution is 2.28.